The highest BCUT2D eigenvalue weighted by molar-refractivity contribution is 6.32. The van der Waals surface area contributed by atoms with E-state index in [4.69, 9.17) is 11.6 Å². The summed E-state index contributed by atoms with van der Waals surface area (Å²) in [4.78, 5) is 26.0. The number of nitrogens with one attached hydrogen (secondary N) is 1. The zero-order valence-electron chi connectivity index (χ0n) is 11.1. The average molecular weight is 298 g/mol. The van der Waals surface area contributed by atoms with Crippen molar-refractivity contribution in [3.05, 3.63) is 33.1 Å². The van der Waals surface area contributed by atoms with E-state index in [1.54, 1.807) is 0 Å². The molecule has 1 saturated carbocycles. The van der Waals surface area contributed by atoms with Crippen molar-refractivity contribution in [2.75, 3.05) is 0 Å². The van der Waals surface area contributed by atoms with E-state index in [-0.39, 0.29) is 22.4 Å². The largest absolute Gasteiger partial charge is 0.349 e. The molecule has 1 aliphatic rings. The molecule has 0 spiro atoms. The highest BCUT2D eigenvalue weighted by atomic mass is 35.5. The van der Waals surface area contributed by atoms with Gasteiger partial charge in [-0.1, -0.05) is 24.4 Å². The lowest BCUT2D eigenvalue weighted by Gasteiger charge is -2.20. The lowest BCUT2D eigenvalue weighted by molar-refractivity contribution is -0.385. The first kappa shape index (κ1) is 14.7. The van der Waals surface area contributed by atoms with Gasteiger partial charge in [0.1, 0.15) is 11.3 Å². The lowest BCUT2D eigenvalue weighted by Crippen LogP contribution is -2.37. The molecule has 0 aromatic carbocycles. The van der Waals surface area contributed by atoms with Gasteiger partial charge in [-0.2, -0.15) is 0 Å². The van der Waals surface area contributed by atoms with E-state index in [9.17, 15) is 14.9 Å². The number of hydrogen-bond acceptors (Lipinski definition) is 4. The molecular formula is C13H16ClN3O3. The van der Waals surface area contributed by atoms with E-state index in [2.05, 4.69) is 10.3 Å². The van der Waals surface area contributed by atoms with Gasteiger partial charge >= 0.3 is 0 Å². The van der Waals surface area contributed by atoms with Crippen LogP contribution in [0.1, 0.15) is 43.0 Å². The second-order valence-electron chi connectivity index (χ2n) is 5.10. The van der Waals surface area contributed by atoms with Crippen molar-refractivity contribution in [2.45, 2.75) is 38.6 Å². The summed E-state index contributed by atoms with van der Waals surface area (Å²) in [6.45, 7) is 1.95. The minimum atomic E-state index is -0.597. The predicted octanol–water partition coefficient (Wildman–Crippen LogP) is 2.95. The number of hydrogen-bond donors (Lipinski definition) is 1. The molecule has 1 atom stereocenters. The van der Waals surface area contributed by atoms with E-state index in [1.807, 2.05) is 6.92 Å². The molecule has 2 rings (SSSR count). The van der Waals surface area contributed by atoms with Crippen molar-refractivity contribution in [3.63, 3.8) is 0 Å². The third kappa shape index (κ3) is 3.25. The Bertz CT molecular complexity index is 530. The molecule has 1 aliphatic carbocycles. The Hall–Kier alpha value is -1.69. The average Bonchev–Trinajstić information content (AvgIpc) is 2.92. The van der Waals surface area contributed by atoms with Crippen molar-refractivity contribution >= 4 is 23.2 Å². The van der Waals surface area contributed by atoms with Crippen LogP contribution in [0.4, 0.5) is 5.69 Å². The molecule has 1 N–H and O–H groups in total. The number of carbonyl (C=O) groups is 1. The summed E-state index contributed by atoms with van der Waals surface area (Å²) >= 11 is 5.84. The predicted molar refractivity (Wildman–Crippen MR) is 74.8 cm³/mol. The quantitative estimate of drug-likeness (QED) is 0.526. The molecule has 1 amide bonds. The van der Waals surface area contributed by atoms with Crippen LogP contribution in [0, 0.1) is 16.0 Å². The molecule has 1 unspecified atom stereocenters. The summed E-state index contributed by atoms with van der Waals surface area (Å²) in [7, 11) is 0. The number of nitro groups is 1. The van der Waals surface area contributed by atoms with E-state index >= 15 is 0 Å². The van der Waals surface area contributed by atoms with Gasteiger partial charge in [-0.3, -0.25) is 14.9 Å². The topological polar surface area (TPSA) is 85.1 Å². The minimum absolute atomic E-state index is 0.0216. The fourth-order valence-electron chi connectivity index (χ4n) is 2.56. The van der Waals surface area contributed by atoms with Crippen LogP contribution >= 0.6 is 11.6 Å². The molecule has 1 aromatic rings. The number of carbonyl (C=O) groups excluding carboxylic acids is 1. The Labute approximate surface area is 121 Å². The first-order valence-electron chi connectivity index (χ1n) is 6.60. The van der Waals surface area contributed by atoms with Gasteiger partial charge in [-0.25, -0.2) is 4.98 Å². The van der Waals surface area contributed by atoms with Crippen molar-refractivity contribution < 1.29 is 9.72 Å². The van der Waals surface area contributed by atoms with Crippen LogP contribution in [-0.2, 0) is 0 Å². The standard InChI is InChI=1S/C13H16ClN3O3/c1-8(9-4-2-3-5-9)16-13(18)11-6-10(17(19)20)7-15-12(11)14/h6-9H,2-5H2,1H3,(H,16,18). The molecule has 6 nitrogen and oxygen atoms in total. The van der Waals surface area contributed by atoms with Crippen molar-refractivity contribution in [2.24, 2.45) is 5.92 Å². The highest BCUT2D eigenvalue weighted by Gasteiger charge is 2.25. The SMILES string of the molecule is CC(NC(=O)c1cc([N+](=O)[O-])cnc1Cl)C1CCCC1. The molecule has 0 radical (unpaired) electrons. The number of aromatic nitrogens is 1. The van der Waals surface area contributed by atoms with Crippen molar-refractivity contribution in [1.82, 2.24) is 10.3 Å². The van der Waals surface area contributed by atoms with Crippen LogP contribution in [-0.4, -0.2) is 21.9 Å². The van der Waals surface area contributed by atoms with Crippen LogP contribution in [0.3, 0.4) is 0 Å². The van der Waals surface area contributed by atoms with Gasteiger partial charge < -0.3 is 5.32 Å². The van der Waals surface area contributed by atoms with Gasteiger partial charge in [0.25, 0.3) is 11.6 Å². The van der Waals surface area contributed by atoms with E-state index in [1.165, 1.54) is 12.8 Å². The Balaban J connectivity index is 2.11. The fourth-order valence-corrected chi connectivity index (χ4v) is 2.75. The fraction of sp³-hybridized carbons (Fsp3) is 0.538. The molecule has 0 aliphatic heterocycles. The van der Waals surface area contributed by atoms with Crippen LogP contribution in [0.25, 0.3) is 0 Å². The maximum absolute atomic E-state index is 12.1. The summed E-state index contributed by atoms with van der Waals surface area (Å²) in [6.07, 6.45) is 5.61. The smallest absolute Gasteiger partial charge is 0.288 e. The Morgan fingerprint density at radius 3 is 2.80 bits per heavy atom. The van der Waals surface area contributed by atoms with Gasteiger partial charge in [0.15, 0.2) is 0 Å². The van der Waals surface area contributed by atoms with Crippen LogP contribution in [0.5, 0.6) is 0 Å². The third-order valence-corrected chi connectivity index (χ3v) is 4.05. The molecule has 0 saturated heterocycles. The summed E-state index contributed by atoms with van der Waals surface area (Å²) in [5, 5.41) is 13.5. The Kier molecular flexibility index (Phi) is 4.54. The first-order valence-corrected chi connectivity index (χ1v) is 6.97. The maximum atomic E-state index is 12.1. The summed E-state index contributed by atoms with van der Waals surface area (Å²) < 4.78 is 0. The van der Waals surface area contributed by atoms with Crippen LogP contribution in [0.2, 0.25) is 5.15 Å². The summed E-state index contributed by atoms with van der Waals surface area (Å²) in [5.74, 6) is 0.0509. The molecule has 20 heavy (non-hydrogen) atoms. The Morgan fingerprint density at radius 1 is 1.55 bits per heavy atom. The third-order valence-electron chi connectivity index (χ3n) is 3.75. The molecular weight excluding hydrogens is 282 g/mol. The van der Waals surface area contributed by atoms with Crippen LogP contribution in [0.15, 0.2) is 12.3 Å². The van der Waals surface area contributed by atoms with Gasteiger partial charge in [-0.15, -0.1) is 0 Å². The second kappa shape index (κ2) is 6.17. The van der Waals surface area contributed by atoms with Gasteiger partial charge in [-0.05, 0) is 25.7 Å². The minimum Gasteiger partial charge on any atom is -0.349 e. The van der Waals surface area contributed by atoms with E-state index in [0.717, 1.165) is 25.1 Å². The normalized spacial score (nSPS) is 16.9. The zero-order valence-corrected chi connectivity index (χ0v) is 11.9. The number of amides is 1. The zero-order chi connectivity index (χ0) is 14.7. The van der Waals surface area contributed by atoms with Crippen molar-refractivity contribution in [3.8, 4) is 0 Å². The molecule has 1 heterocycles. The lowest BCUT2D eigenvalue weighted by atomic mass is 9.99. The van der Waals surface area contributed by atoms with Gasteiger partial charge in [0.2, 0.25) is 0 Å². The second-order valence-corrected chi connectivity index (χ2v) is 5.45. The highest BCUT2D eigenvalue weighted by Crippen LogP contribution is 2.28. The first-order chi connectivity index (χ1) is 9.49. The van der Waals surface area contributed by atoms with Gasteiger partial charge in [0.05, 0.1) is 10.5 Å². The molecule has 7 heteroatoms. The molecule has 108 valence electrons. The summed E-state index contributed by atoms with van der Waals surface area (Å²) in [5.41, 5.74) is -0.196. The molecule has 1 fully saturated rings. The van der Waals surface area contributed by atoms with Crippen LogP contribution < -0.4 is 5.32 Å². The number of rotatable bonds is 4. The van der Waals surface area contributed by atoms with E-state index < -0.39 is 10.8 Å². The number of pyridine rings is 1. The molecule has 0 bridgehead atoms. The van der Waals surface area contributed by atoms with Crippen molar-refractivity contribution in [1.29, 1.82) is 0 Å². The number of nitrogens with zero attached hydrogens (tertiary/aromatic N) is 2. The maximum Gasteiger partial charge on any atom is 0.288 e. The monoisotopic (exact) mass is 297 g/mol. The summed E-state index contributed by atoms with van der Waals surface area (Å²) in [6, 6.07) is 1.19. The Morgan fingerprint density at radius 2 is 2.20 bits per heavy atom. The van der Waals surface area contributed by atoms with E-state index in [0.29, 0.717) is 5.92 Å². The van der Waals surface area contributed by atoms with Gasteiger partial charge in [0, 0.05) is 12.1 Å². The molecule has 1 aromatic heterocycles. The number of halogens is 1.